The lowest BCUT2D eigenvalue weighted by Crippen LogP contribution is -2.60. The van der Waals surface area contributed by atoms with Gasteiger partial charge in [-0.3, -0.25) is 0 Å². The van der Waals surface area contributed by atoms with Gasteiger partial charge in [-0.2, -0.15) is 10.2 Å². The van der Waals surface area contributed by atoms with Crippen LogP contribution in [0.25, 0.3) is 5.69 Å². The summed E-state index contributed by atoms with van der Waals surface area (Å²) in [7, 11) is 0. The van der Waals surface area contributed by atoms with Crippen LogP contribution in [-0.2, 0) is 0 Å². The number of hydrogen-bond donors (Lipinski definition) is 3. The van der Waals surface area contributed by atoms with E-state index in [-0.39, 0.29) is 17.1 Å². The lowest BCUT2D eigenvalue weighted by molar-refractivity contribution is 0.170. The highest BCUT2D eigenvalue weighted by Gasteiger charge is 2.38. The van der Waals surface area contributed by atoms with Gasteiger partial charge in [0.15, 0.2) is 0 Å². The van der Waals surface area contributed by atoms with E-state index in [1.54, 1.807) is 10.9 Å². The van der Waals surface area contributed by atoms with E-state index in [0.29, 0.717) is 17.3 Å². The predicted octanol–water partition coefficient (Wildman–Crippen LogP) is 2.79. The Labute approximate surface area is 181 Å². The highest BCUT2D eigenvalue weighted by molar-refractivity contribution is 5.60. The summed E-state index contributed by atoms with van der Waals surface area (Å²) in [5.41, 5.74) is 1.98. The lowest BCUT2D eigenvalue weighted by atomic mass is 9.79. The third-order valence-corrected chi connectivity index (χ3v) is 5.16. The lowest BCUT2D eigenvalue weighted by Gasteiger charge is -2.46. The molecule has 31 heavy (non-hydrogen) atoms. The first-order valence-corrected chi connectivity index (χ1v) is 10.2. The number of nitrogens with one attached hydrogen (secondary N) is 3. The third kappa shape index (κ3) is 4.95. The summed E-state index contributed by atoms with van der Waals surface area (Å²) in [6.07, 6.45) is 4.91. The molecule has 0 aliphatic carbocycles. The molecule has 1 saturated heterocycles. The standard InChI is InChI=1S/C21H26N10/c1-20(2)9-16(10-21(3,4)28-20)25-18-14(11-22)12-23-19(27-18)26-15-6-5-7-17(8-15)31-13-24-29-30-31/h5-8,12-13,16,28H,9-10H2,1-4H3,(H2,23,25,26,27). The van der Waals surface area contributed by atoms with Crippen LogP contribution >= 0.6 is 0 Å². The van der Waals surface area contributed by atoms with E-state index in [1.165, 1.54) is 6.33 Å². The average molecular weight is 419 g/mol. The quantitative estimate of drug-likeness (QED) is 0.572. The maximum absolute atomic E-state index is 9.55. The summed E-state index contributed by atoms with van der Waals surface area (Å²) in [6, 6.07) is 9.96. The van der Waals surface area contributed by atoms with Gasteiger partial charge in [-0.25, -0.2) is 9.67 Å². The van der Waals surface area contributed by atoms with Gasteiger partial charge in [-0.05, 0) is 69.2 Å². The Kier molecular flexibility index (Phi) is 5.29. The molecule has 1 aliphatic rings. The van der Waals surface area contributed by atoms with E-state index in [9.17, 15) is 5.26 Å². The summed E-state index contributed by atoms with van der Waals surface area (Å²) in [6.45, 7) is 8.77. The minimum absolute atomic E-state index is 0.0169. The number of aromatic nitrogens is 6. The SMILES string of the molecule is CC1(C)CC(Nc2nc(Nc3cccc(-n4cnnn4)c3)ncc2C#N)CC(C)(C)N1. The summed E-state index contributed by atoms with van der Waals surface area (Å²) < 4.78 is 1.57. The molecule has 160 valence electrons. The number of nitriles is 1. The highest BCUT2D eigenvalue weighted by atomic mass is 15.5. The first-order chi connectivity index (χ1) is 14.7. The average Bonchev–Trinajstić information content (AvgIpc) is 3.21. The molecule has 0 spiro atoms. The van der Waals surface area contributed by atoms with Crippen LogP contribution in [0.2, 0.25) is 0 Å². The number of rotatable bonds is 5. The van der Waals surface area contributed by atoms with Crippen molar-refractivity contribution in [1.82, 2.24) is 35.5 Å². The van der Waals surface area contributed by atoms with E-state index in [4.69, 9.17) is 0 Å². The van der Waals surface area contributed by atoms with Crippen molar-refractivity contribution in [3.63, 3.8) is 0 Å². The zero-order valence-corrected chi connectivity index (χ0v) is 18.1. The van der Waals surface area contributed by atoms with Gasteiger partial charge in [-0.15, -0.1) is 5.10 Å². The minimum atomic E-state index is -0.0169. The van der Waals surface area contributed by atoms with E-state index in [1.807, 2.05) is 24.3 Å². The smallest absolute Gasteiger partial charge is 0.229 e. The summed E-state index contributed by atoms with van der Waals surface area (Å²) >= 11 is 0. The van der Waals surface area contributed by atoms with Gasteiger partial charge in [0.1, 0.15) is 23.8 Å². The number of piperidine rings is 1. The molecule has 3 heterocycles. The first-order valence-electron chi connectivity index (χ1n) is 10.2. The van der Waals surface area contributed by atoms with Crippen LogP contribution in [0.1, 0.15) is 46.1 Å². The molecule has 10 heteroatoms. The maximum atomic E-state index is 9.55. The van der Waals surface area contributed by atoms with Gasteiger partial charge < -0.3 is 16.0 Å². The Morgan fingerprint density at radius 2 is 1.97 bits per heavy atom. The van der Waals surface area contributed by atoms with Crippen LogP contribution in [0.5, 0.6) is 0 Å². The van der Waals surface area contributed by atoms with Crippen molar-refractivity contribution in [3.05, 3.63) is 42.4 Å². The minimum Gasteiger partial charge on any atom is -0.366 e. The first kappa shape index (κ1) is 20.7. The second-order valence-corrected chi connectivity index (χ2v) is 9.14. The molecule has 4 rings (SSSR count). The number of benzene rings is 1. The molecule has 0 amide bonds. The van der Waals surface area contributed by atoms with Gasteiger partial charge in [-0.1, -0.05) is 6.07 Å². The molecule has 3 N–H and O–H groups in total. The van der Waals surface area contributed by atoms with Crippen LogP contribution in [-0.4, -0.2) is 47.3 Å². The molecule has 0 bridgehead atoms. The molecule has 3 aromatic rings. The van der Waals surface area contributed by atoms with Crippen LogP contribution in [0.4, 0.5) is 17.5 Å². The molecule has 10 nitrogen and oxygen atoms in total. The second-order valence-electron chi connectivity index (χ2n) is 9.14. The van der Waals surface area contributed by atoms with Gasteiger partial charge >= 0.3 is 0 Å². The topological polar surface area (TPSA) is 129 Å². The van der Waals surface area contributed by atoms with Gasteiger partial charge in [0.05, 0.1) is 11.9 Å². The van der Waals surface area contributed by atoms with Gasteiger partial charge in [0.25, 0.3) is 0 Å². The van der Waals surface area contributed by atoms with E-state index in [0.717, 1.165) is 24.2 Å². The fraction of sp³-hybridized carbons (Fsp3) is 0.429. The van der Waals surface area contributed by atoms with E-state index in [2.05, 4.69) is 75.2 Å². The molecule has 0 unspecified atom stereocenters. The Morgan fingerprint density at radius 3 is 2.65 bits per heavy atom. The molecule has 1 fully saturated rings. The zero-order chi connectivity index (χ0) is 22.1. The van der Waals surface area contributed by atoms with Crippen molar-refractivity contribution < 1.29 is 0 Å². The molecule has 1 aromatic carbocycles. The number of nitrogens with zero attached hydrogens (tertiary/aromatic N) is 7. The Bertz CT molecular complexity index is 1080. The molecular formula is C21H26N10. The fourth-order valence-corrected chi connectivity index (χ4v) is 4.39. The summed E-state index contributed by atoms with van der Waals surface area (Å²) in [5, 5.41) is 31.1. The summed E-state index contributed by atoms with van der Waals surface area (Å²) in [4.78, 5) is 8.90. The van der Waals surface area contributed by atoms with Crippen molar-refractivity contribution >= 4 is 17.5 Å². The molecule has 0 saturated carbocycles. The zero-order valence-electron chi connectivity index (χ0n) is 18.1. The van der Waals surface area contributed by atoms with Crippen LogP contribution < -0.4 is 16.0 Å². The Morgan fingerprint density at radius 1 is 1.19 bits per heavy atom. The van der Waals surface area contributed by atoms with Gasteiger partial charge in [0, 0.05) is 22.8 Å². The third-order valence-electron chi connectivity index (χ3n) is 5.16. The van der Waals surface area contributed by atoms with E-state index >= 15 is 0 Å². The van der Waals surface area contributed by atoms with Crippen LogP contribution in [0.15, 0.2) is 36.8 Å². The molecule has 1 aliphatic heterocycles. The van der Waals surface area contributed by atoms with Crippen molar-refractivity contribution in [2.75, 3.05) is 10.6 Å². The monoisotopic (exact) mass is 418 g/mol. The molecule has 2 aromatic heterocycles. The fourth-order valence-electron chi connectivity index (χ4n) is 4.39. The second kappa shape index (κ2) is 7.92. The van der Waals surface area contributed by atoms with Crippen LogP contribution in [0.3, 0.4) is 0 Å². The number of anilines is 3. The van der Waals surface area contributed by atoms with Crippen LogP contribution in [0, 0.1) is 11.3 Å². The van der Waals surface area contributed by atoms with E-state index < -0.39 is 0 Å². The molecule has 0 atom stereocenters. The number of tetrazole rings is 1. The molecule has 0 radical (unpaired) electrons. The summed E-state index contributed by atoms with van der Waals surface area (Å²) in [5.74, 6) is 0.943. The number of hydrogen-bond acceptors (Lipinski definition) is 9. The van der Waals surface area contributed by atoms with Crippen molar-refractivity contribution in [2.45, 2.75) is 57.7 Å². The van der Waals surface area contributed by atoms with Crippen molar-refractivity contribution in [2.24, 2.45) is 0 Å². The van der Waals surface area contributed by atoms with Gasteiger partial charge in [0.2, 0.25) is 5.95 Å². The normalized spacial score (nSPS) is 17.6. The van der Waals surface area contributed by atoms with Crippen molar-refractivity contribution in [3.8, 4) is 11.8 Å². The highest BCUT2D eigenvalue weighted by Crippen LogP contribution is 2.31. The van der Waals surface area contributed by atoms with Crippen molar-refractivity contribution in [1.29, 1.82) is 5.26 Å². The Hall–Kier alpha value is -3.58. The largest absolute Gasteiger partial charge is 0.366 e. The Balaban J connectivity index is 1.56. The molecular weight excluding hydrogens is 392 g/mol. The predicted molar refractivity (Wildman–Crippen MR) is 117 cm³/mol. The maximum Gasteiger partial charge on any atom is 0.229 e.